The van der Waals surface area contributed by atoms with Crippen LogP contribution in [0.5, 0.6) is 0 Å². The van der Waals surface area contributed by atoms with Gasteiger partial charge in [0.15, 0.2) is 0 Å². The van der Waals surface area contributed by atoms with Crippen molar-refractivity contribution in [3.63, 3.8) is 0 Å². The molecule has 0 bridgehead atoms. The molecule has 1 fully saturated rings. The Kier molecular flexibility index (Phi) is 5.22. The van der Waals surface area contributed by atoms with Gasteiger partial charge in [0.05, 0.1) is 5.56 Å². The molecule has 138 valence electrons. The SMILES string of the molecule is Cc1cc(NC(=O)c2ccc(Br)cc2F)cc(N2CCC(F)(F)CC2)n1. The first-order chi connectivity index (χ1) is 12.2. The predicted molar refractivity (Wildman–Crippen MR) is 97.4 cm³/mol. The number of amides is 1. The quantitative estimate of drug-likeness (QED) is 0.766. The van der Waals surface area contributed by atoms with E-state index in [1.54, 1.807) is 30.0 Å². The highest BCUT2D eigenvalue weighted by Gasteiger charge is 2.34. The molecule has 26 heavy (non-hydrogen) atoms. The van der Waals surface area contributed by atoms with Crippen molar-refractivity contribution in [1.29, 1.82) is 0 Å². The van der Waals surface area contributed by atoms with E-state index in [9.17, 15) is 18.0 Å². The van der Waals surface area contributed by atoms with E-state index in [1.165, 1.54) is 12.1 Å². The summed E-state index contributed by atoms with van der Waals surface area (Å²) in [6, 6.07) is 7.44. The third-order valence-corrected chi connectivity index (χ3v) is 4.69. The molecule has 1 aliphatic rings. The largest absolute Gasteiger partial charge is 0.356 e. The van der Waals surface area contributed by atoms with E-state index in [0.29, 0.717) is 21.7 Å². The molecular weight excluding hydrogens is 411 g/mol. The van der Waals surface area contributed by atoms with Gasteiger partial charge < -0.3 is 10.2 Å². The van der Waals surface area contributed by atoms with Crippen molar-refractivity contribution in [3.05, 3.63) is 51.9 Å². The lowest BCUT2D eigenvalue weighted by Crippen LogP contribution is -2.39. The fourth-order valence-corrected chi connectivity index (χ4v) is 3.15. The number of nitrogens with one attached hydrogen (secondary N) is 1. The Morgan fingerprint density at radius 3 is 2.58 bits per heavy atom. The number of halogens is 4. The van der Waals surface area contributed by atoms with Crippen LogP contribution in [0.1, 0.15) is 28.9 Å². The molecular formula is C18H17BrF3N3O. The number of piperidine rings is 1. The second-order valence-corrected chi connectivity index (χ2v) is 7.19. The summed E-state index contributed by atoms with van der Waals surface area (Å²) in [6.45, 7) is 2.13. The summed E-state index contributed by atoms with van der Waals surface area (Å²) in [7, 11) is 0. The number of hydrogen-bond donors (Lipinski definition) is 1. The smallest absolute Gasteiger partial charge is 0.258 e. The van der Waals surface area contributed by atoms with Gasteiger partial charge in [0, 0.05) is 47.9 Å². The molecule has 1 saturated heterocycles. The van der Waals surface area contributed by atoms with Crippen molar-refractivity contribution in [2.75, 3.05) is 23.3 Å². The van der Waals surface area contributed by atoms with Crippen molar-refractivity contribution in [3.8, 4) is 0 Å². The Morgan fingerprint density at radius 1 is 1.23 bits per heavy atom. The van der Waals surface area contributed by atoms with E-state index in [0.717, 1.165) is 0 Å². The number of anilines is 2. The van der Waals surface area contributed by atoms with Crippen LogP contribution < -0.4 is 10.2 Å². The molecule has 4 nitrogen and oxygen atoms in total. The van der Waals surface area contributed by atoms with Crippen molar-refractivity contribution in [1.82, 2.24) is 4.98 Å². The topological polar surface area (TPSA) is 45.2 Å². The van der Waals surface area contributed by atoms with Crippen LogP contribution in [-0.4, -0.2) is 29.9 Å². The summed E-state index contributed by atoms with van der Waals surface area (Å²) >= 11 is 3.14. The predicted octanol–water partition coefficient (Wildman–Crippen LogP) is 4.78. The van der Waals surface area contributed by atoms with E-state index in [4.69, 9.17) is 0 Å². The van der Waals surface area contributed by atoms with Gasteiger partial charge in [-0.3, -0.25) is 4.79 Å². The van der Waals surface area contributed by atoms with Crippen LogP contribution in [0.15, 0.2) is 34.8 Å². The van der Waals surface area contributed by atoms with Gasteiger partial charge >= 0.3 is 0 Å². The number of alkyl halides is 2. The Morgan fingerprint density at radius 2 is 1.92 bits per heavy atom. The summed E-state index contributed by atoms with van der Waals surface area (Å²) in [5.74, 6) is -3.35. The van der Waals surface area contributed by atoms with Crippen LogP contribution in [0.4, 0.5) is 24.7 Å². The number of carbonyl (C=O) groups excluding carboxylic acids is 1. The second-order valence-electron chi connectivity index (χ2n) is 6.28. The lowest BCUT2D eigenvalue weighted by Gasteiger charge is -2.32. The molecule has 1 amide bonds. The molecule has 0 saturated carbocycles. The van der Waals surface area contributed by atoms with Gasteiger partial charge in [-0.05, 0) is 31.2 Å². The molecule has 1 aliphatic heterocycles. The van der Waals surface area contributed by atoms with E-state index in [2.05, 4.69) is 26.2 Å². The summed E-state index contributed by atoms with van der Waals surface area (Å²) < 4.78 is 41.2. The first-order valence-corrected chi connectivity index (χ1v) is 8.91. The highest BCUT2D eigenvalue weighted by atomic mass is 79.9. The molecule has 0 atom stereocenters. The van der Waals surface area contributed by atoms with Crippen molar-refractivity contribution in [2.24, 2.45) is 0 Å². The Bertz CT molecular complexity index is 834. The average molecular weight is 428 g/mol. The molecule has 2 heterocycles. The third kappa shape index (κ3) is 4.35. The fraction of sp³-hybridized carbons (Fsp3) is 0.333. The van der Waals surface area contributed by atoms with Gasteiger partial charge in [-0.2, -0.15) is 0 Å². The van der Waals surface area contributed by atoms with Gasteiger partial charge in [0.2, 0.25) is 0 Å². The van der Waals surface area contributed by atoms with Gasteiger partial charge in [0.25, 0.3) is 11.8 Å². The maximum atomic E-state index is 13.9. The number of benzene rings is 1. The van der Waals surface area contributed by atoms with Gasteiger partial charge in [0.1, 0.15) is 11.6 Å². The number of pyridine rings is 1. The molecule has 0 aliphatic carbocycles. The summed E-state index contributed by atoms with van der Waals surface area (Å²) in [5.41, 5.74) is 0.991. The Hall–Kier alpha value is -2.09. The lowest BCUT2D eigenvalue weighted by atomic mass is 10.1. The number of nitrogens with zero attached hydrogens (tertiary/aromatic N) is 2. The zero-order valence-electron chi connectivity index (χ0n) is 14.0. The maximum Gasteiger partial charge on any atom is 0.258 e. The molecule has 8 heteroatoms. The van der Waals surface area contributed by atoms with E-state index >= 15 is 0 Å². The highest BCUT2D eigenvalue weighted by molar-refractivity contribution is 9.10. The molecule has 2 aromatic rings. The van der Waals surface area contributed by atoms with Crippen molar-refractivity contribution >= 4 is 33.3 Å². The second kappa shape index (κ2) is 7.26. The third-order valence-electron chi connectivity index (χ3n) is 4.19. The molecule has 3 rings (SSSR count). The minimum absolute atomic E-state index is 0.0816. The number of carbonyl (C=O) groups is 1. The van der Waals surface area contributed by atoms with Gasteiger partial charge in [-0.25, -0.2) is 18.2 Å². The van der Waals surface area contributed by atoms with Crippen LogP contribution in [0.25, 0.3) is 0 Å². The number of aromatic nitrogens is 1. The van der Waals surface area contributed by atoms with Crippen LogP contribution in [0, 0.1) is 12.7 Å². The number of rotatable bonds is 3. The Balaban J connectivity index is 1.78. The van der Waals surface area contributed by atoms with Gasteiger partial charge in [-0.1, -0.05) is 15.9 Å². The number of hydrogen-bond acceptors (Lipinski definition) is 3. The summed E-state index contributed by atoms with van der Waals surface area (Å²) in [4.78, 5) is 18.5. The monoisotopic (exact) mass is 427 g/mol. The molecule has 0 radical (unpaired) electrons. The van der Waals surface area contributed by atoms with Crippen LogP contribution in [-0.2, 0) is 0 Å². The van der Waals surface area contributed by atoms with E-state index < -0.39 is 17.6 Å². The summed E-state index contributed by atoms with van der Waals surface area (Å²) in [6.07, 6.45) is -0.456. The normalized spacial score (nSPS) is 16.4. The fourth-order valence-electron chi connectivity index (χ4n) is 2.82. The first-order valence-electron chi connectivity index (χ1n) is 8.11. The van der Waals surface area contributed by atoms with E-state index in [1.807, 2.05) is 0 Å². The van der Waals surface area contributed by atoms with E-state index in [-0.39, 0.29) is 31.5 Å². The zero-order valence-corrected chi connectivity index (χ0v) is 15.6. The Labute approximate surface area is 157 Å². The zero-order chi connectivity index (χ0) is 18.9. The maximum absolute atomic E-state index is 13.9. The van der Waals surface area contributed by atoms with Gasteiger partial charge in [-0.15, -0.1) is 0 Å². The average Bonchev–Trinajstić information content (AvgIpc) is 2.54. The minimum Gasteiger partial charge on any atom is -0.356 e. The van der Waals surface area contributed by atoms with Crippen LogP contribution >= 0.6 is 15.9 Å². The molecule has 1 aromatic heterocycles. The number of aryl methyl sites for hydroxylation is 1. The standard InChI is InChI=1S/C18H17BrF3N3O/c1-11-8-13(24-17(26)14-3-2-12(19)9-15(14)20)10-16(23-11)25-6-4-18(21,22)5-7-25/h2-3,8-10H,4-7H2,1H3,(H,23,24,26). The highest BCUT2D eigenvalue weighted by Crippen LogP contribution is 2.31. The van der Waals surface area contributed by atoms with Crippen molar-refractivity contribution < 1.29 is 18.0 Å². The molecule has 0 unspecified atom stereocenters. The molecule has 0 spiro atoms. The van der Waals surface area contributed by atoms with Crippen molar-refractivity contribution in [2.45, 2.75) is 25.7 Å². The van der Waals surface area contributed by atoms with Crippen LogP contribution in [0.3, 0.4) is 0 Å². The summed E-state index contributed by atoms with van der Waals surface area (Å²) in [5, 5.41) is 2.65. The molecule has 1 aromatic carbocycles. The lowest BCUT2D eigenvalue weighted by molar-refractivity contribution is -0.0221. The minimum atomic E-state index is -2.64. The first kappa shape index (κ1) is 18.7. The van der Waals surface area contributed by atoms with Crippen LogP contribution in [0.2, 0.25) is 0 Å². The molecule has 1 N–H and O–H groups in total.